The lowest BCUT2D eigenvalue weighted by Crippen LogP contribution is -3.17. The molecule has 2 amide bonds. The van der Waals surface area contributed by atoms with Crippen molar-refractivity contribution >= 4 is 29.1 Å². The number of amides is 2. The lowest BCUT2D eigenvalue weighted by Gasteiger charge is -2.30. The van der Waals surface area contributed by atoms with Gasteiger partial charge in [0, 0.05) is 5.02 Å². The molecule has 3 rings (SSSR count). The van der Waals surface area contributed by atoms with Crippen LogP contribution in [0.25, 0.3) is 0 Å². The lowest BCUT2D eigenvalue weighted by atomic mass is 9.97. The van der Waals surface area contributed by atoms with E-state index in [0.29, 0.717) is 17.1 Å². The van der Waals surface area contributed by atoms with Crippen LogP contribution in [0.3, 0.4) is 0 Å². The standard InChI is InChI=1S/C16H19ClN2O2/c1-11-5-7-18(8-6-11)14-10-15(20)19(16(14)21)13-4-2-3-12(17)9-13/h2-4,9,11,14H,5-8,10H2,1H3/p+1. The number of piperidine rings is 1. The van der Waals surface area contributed by atoms with E-state index in [0.717, 1.165) is 31.8 Å². The van der Waals surface area contributed by atoms with Crippen molar-refractivity contribution in [3.05, 3.63) is 29.3 Å². The van der Waals surface area contributed by atoms with Crippen molar-refractivity contribution in [3.63, 3.8) is 0 Å². The molecule has 2 aliphatic heterocycles. The van der Waals surface area contributed by atoms with Gasteiger partial charge in [-0.15, -0.1) is 0 Å². The number of anilines is 1. The van der Waals surface area contributed by atoms with Gasteiger partial charge in [0.15, 0.2) is 6.04 Å². The zero-order valence-electron chi connectivity index (χ0n) is 12.1. The molecule has 1 aromatic rings. The molecule has 2 fully saturated rings. The Morgan fingerprint density at radius 1 is 1.24 bits per heavy atom. The number of likely N-dealkylation sites (tertiary alicyclic amines) is 1. The van der Waals surface area contributed by atoms with Crippen molar-refractivity contribution in [3.8, 4) is 0 Å². The van der Waals surface area contributed by atoms with Gasteiger partial charge >= 0.3 is 0 Å². The highest BCUT2D eigenvalue weighted by Crippen LogP contribution is 2.25. The van der Waals surface area contributed by atoms with Gasteiger partial charge in [0.2, 0.25) is 5.91 Å². The van der Waals surface area contributed by atoms with Crippen LogP contribution >= 0.6 is 11.6 Å². The first-order valence-electron chi connectivity index (χ1n) is 7.53. The first kappa shape index (κ1) is 14.5. The first-order valence-corrected chi connectivity index (χ1v) is 7.91. The molecule has 21 heavy (non-hydrogen) atoms. The number of nitrogens with one attached hydrogen (secondary N) is 1. The highest BCUT2D eigenvalue weighted by Gasteiger charge is 2.46. The summed E-state index contributed by atoms with van der Waals surface area (Å²) in [6.45, 7) is 4.21. The second kappa shape index (κ2) is 5.78. The molecule has 0 spiro atoms. The zero-order chi connectivity index (χ0) is 15.0. The maximum absolute atomic E-state index is 12.6. The molecule has 112 valence electrons. The largest absolute Gasteiger partial charge is 0.324 e. The molecular weight excluding hydrogens is 288 g/mol. The summed E-state index contributed by atoms with van der Waals surface area (Å²) in [5.74, 6) is 0.537. The van der Waals surface area contributed by atoms with E-state index in [1.165, 1.54) is 9.80 Å². The van der Waals surface area contributed by atoms with Gasteiger partial charge < -0.3 is 4.90 Å². The Morgan fingerprint density at radius 3 is 2.62 bits per heavy atom. The topological polar surface area (TPSA) is 41.8 Å². The molecule has 5 heteroatoms. The van der Waals surface area contributed by atoms with Crippen molar-refractivity contribution in [2.75, 3.05) is 18.0 Å². The Hall–Kier alpha value is -1.39. The van der Waals surface area contributed by atoms with Gasteiger partial charge in [-0.1, -0.05) is 24.6 Å². The first-order chi connectivity index (χ1) is 10.1. The molecule has 2 heterocycles. The monoisotopic (exact) mass is 307 g/mol. The third kappa shape index (κ3) is 2.83. The SMILES string of the molecule is CC1CC[NH+](C2CC(=O)N(c3cccc(Cl)c3)C2=O)CC1. The zero-order valence-corrected chi connectivity index (χ0v) is 12.9. The van der Waals surface area contributed by atoms with Crippen LogP contribution in [0.4, 0.5) is 5.69 Å². The Kier molecular flexibility index (Phi) is 4.00. The summed E-state index contributed by atoms with van der Waals surface area (Å²) >= 11 is 5.97. The van der Waals surface area contributed by atoms with Gasteiger partial charge in [-0.2, -0.15) is 0 Å². The summed E-state index contributed by atoms with van der Waals surface area (Å²) in [5, 5.41) is 0.538. The van der Waals surface area contributed by atoms with Crippen LogP contribution in [-0.4, -0.2) is 30.9 Å². The molecule has 2 saturated heterocycles. The van der Waals surface area contributed by atoms with Crippen molar-refractivity contribution in [1.82, 2.24) is 0 Å². The Labute approximate surface area is 129 Å². The van der Waals surface area contributed by atoms with Gasteiger partial charge in [-0.3, -0.25) is 9.59 Å². The fourth-order valence-corrected chi connectivity index (χ4v) is 3.50. The minimum absolute atomic E-state index is 0.0770. The number of nitrogens with zero attached hydrogens (tertiary/aromatic N) is 1. The number of halogens is 1. The highest BCUT2D eigenvalue weighted by atomic mass is 35.5. The summed E-state index contributed by atoms with van der Waals surface area (Å²) in [5.41, 5.74) is 0.588. The fraction of sp³-hybridized carbons (Fsp3) is 0.500. The third-order valence-corrected chi connectivity index (χ3v) is 4.86. The van der Waals surface area contributed by atoms with E-state index in [2.05, 4.69) is 6.92 Å². The summed E-state index contributed by atoms with van der Waals surface area (Å²) in [4.78, 5) is 27.5. The van der Waals surface area contributed by atoms with Crippen LogP contribution in [0.1, 0.15) is 26.2 Å². The minimum Gasteiger partial charge on any atom is -0.324 e. The third-order valence-electron chi connectivity index (χ3n) is 4.62. The van der Waals surface area contributed by atoms with E-state index in [1.807, 2.05) is 0 Å². The molecule has 4 nitrogen and oxygen atoms in total. The molecule has 0 aromatic heterocycles. The number of imide groups is 1. The molecule has 0 aliphatic carbocycles. The second-order valence-electron chi connectivity index (χ2n) is 6.14. The number of hydrogen-bond donors (Lipinski definition) is 1. The Balaban J connectivity index is 1.79. The van der Waals surface area contributed by atoms with Gasteiger partial charge in [-0.25, -0.2) is 4.90 Å². The summed E-state index contributed by atoms with van der Waals surface area (Å²) in [7, 11) is 0. The highest BCUT2D eigenvalue weighted by molar-refractivity contribution is 6.31. The van der Waals surface area contributed by atoms with Crippen LogP contribution in [0.15, 0.2) is 24.3 Å². The Morgan fingerprint density at radius 2 is 1.95 bits per heavy atom. The van der Waals surface area contributed by atoms with Crippen molar-refractivity contribution < 1.29 is 14.5 Å². The van der Waals surface area contributed by atoms with E-state index in [1.54, 1.807) is 24.3 Å². The van der Waals surface area contributed by atoms with E-state index in [-0.39, 0.29) is 17.9 Å². The second-order valence-corrected chi connectivity index (χ2v) is 6.58. The number of hydrogen-bond acceptors (Lipinski definition) is 2. The summed E-state index contributed by atoms with van der Waals surface area (Å²) in [6.07, 6.45) is 2.57. The van der Waals surface area contributed by atoms with E-state index in [9.17, 15) is 9.59 Å². The van der Waals surface area contributed by atoms with Gasteiger partial charge in [-0.05, 0) is 37.0 Å². The quantitative estimate of drug-likeness (QED) is 0.837. The summed E-state index contributed by atoms with van der Waals surface area (Å²) < 4.78 is 0. The van der Waals surface area contributed by atoms with Gasteiger partial charge in [0.1, 0.15) is 0 Å². The maximum Gasteiger partial charge on any atom is 0.292 e. The van der Waals surface area contributed by atoms with Gasteiger partial charge in [0.05, 0.1) is 25.2 Å². The average molecular weight is 308 g/mol. The summed E-state index contributed by atoms with van der Waals surface area (Å²) in [6, 6.07) is 6.72. The molecule has 1 unspecified atom stereocenters. The molecule has 0 bridgehead atoms. The predicted octanol–water partition coefficient (Wildman–Crippen LogP) is 1.29. The molecule has 2 aliphatic rings. The molecule has 1 N–H and O–H groups in total. The minimum atomic E-state index is -0.219. The fourth-order valence-electron chi connectivity index (χ4n) is 3.32. The van der Waals surface area contributed by atoms with Crippen LogP contribution in [-0.2, 0) is 9.59 Å². The van der Waals surface area contributed by atoms with Crippen LogP contribution in [0.5, 0.6) is 0 Å². The predicted molar refractivity (Wildman–Crippen MR) is 81.4 cm³/mol. The molecule has 1 atom stereocenters. The van der Waals surface area contributed by atoms with E-state index in [4.69, 9.17) is 11.6 Å². The van der Waals surface area contributed by atoms with E-state index < -0.39 is 0 Å². The lowest BCUT2D eigenvalue weighted by molar-refractivity contribution is -0.920. The number of carbonyl (C=O) groups is 2. The Bertz CT molecular complexity index is 567. The number of quaternary nitrogens is 1. The van der Waals surface area contributed by atoms with E-state index >= 15 is 0 Å². The van der Waals surface area contributed by atoms with Gasteiger partial charge in [0.25, 0.3) is 5.91 Å². The molecular formula is C16H20ClN2O2+. The number of carbonyl (C=O) groups excluding carboxylic acids is 2. The van der Waals surface area contributed by atoms with Crippen LogP contribution in [0, 0.1) is 5.92 Å². The smallest absolute Gasteiger partial charge is 0.292 e. The van der Waals surface area contributed by atoms with Crippen molar-refractivity contribution in [2.24, 2.45) is 5.92 Å². The van der Waals surface area contributed by atoms with Crippen molar-refractivity contribution in [1.29, 1.82) is 0 Å². The normalized spacial score (nSPS) is 30.0. The van der Waals surface area contributed by atoms with Crippen LogP contribution in [0.2, 0.25) is 5.02 Å². The molecule has 0 saturated carbocycles. The number of benzene rings is 1. The average Bonchev–Trinajstić information content (AvgIpc) is 2.75. The maximum atomic E-state index is 12.6. The molecule has 0 radical (unpaired) electrons. The van der Waals surface area contributed by atoms with Crippen molar-refractivity contribution in [2.45, 2.75) is 32.2 Å². The number of rotatable bonds is 2. The molecule has 1 aromatic carbocycles. The van der Waals surface area contributed by atoms with Crippen LogP contribution < -0.4 is 9.80 Å².